The lowest BCUT2D eigenvalue weighted by Gasteiger charge is -2.06. The molecule has 0 fully saturated rings. The van der Waals surface area contributed by atoms with Crippen molar-refractivity contribution in [1.29, 1.82) is 0 Å². The highest BCUT2D eigenvalue weighted by molar-refractivity contribution is 9.10. The summed E-state index contributed by atoms with van der Waals surface area (Å²) in [5.41, 5.74) is 1.47. The molecule has 0 spiro atoms. The Bertz CT molecular complexity index is 616. The number of nitro benzene ring substituents is 1. The van der Waals surface area contributed by atoms with Gasteiger partial charge in [0.05, 0.1) is 30.8 Å². The first-order chi connectivity index (χ1) is 9.60. The normalized spacial score (nSPS) is 10.5. The smallest absolute Gasteiger partial charge is 0.270 e. The topological polar surface area (TPSA) is 106 Å². The van der Waals surface area contributed by atoms with Gasteiger partial charge >= 0.3 is 0 Å². The molecule has 20 heavy (non-hydrogen) atoms. The Kier molecular flexibility index (Phi) is 4.64. The number of nitro groups is 1. The van der Waals surface area contributed by atoms with Gasteiger partial charge in [-0.15, -0.1) is 5.10 Å². The van der Waals surface area contributed by atoms with Crippen molar-refractivity contribution >= 4 is 27.3 Å². The van der Waals surface area contributed by atoms with Crippen LogP contribution in [0, 0.1) is 10.1 Å². The Hall–Kier alpha value is -2.00. The maximum absolute atomic E-state index is 10.6. The van der Waals surface area contributed by atoms with E-state index in [9.17, 15) is 10.1 Å². The van der Waals surface area contributed by atoms with Gasteiger partial charge in [-0.2, -0.15) is 0 Å². The molecule has 0 saturated carbocycles. The molecule has 0 radical (unpaired) electrons. The Morgan fingerprint density at radius 1 is 1.50 bits per heavy atom. The number of halogens is 1. The maximum atomic E-state index is 10.6. The molecule has 0 atom stereocenters. The van der Waals surface area contributed by atoms with Crippen LogP contribution in [0.5, 0.6) is 0 Å². The van der Waals surface area contributed by atoms with Crippen LogP contribution in [0.4, 0.5) is 11.4 Å². The van der Waals surface area contributed by atoms with Crippen molar-refractivity contribution in [3.63, 3.8) is 0 Å². The zero-order chi connectivity index (χ0) is 14.5. The summed E-state index contributed by atoms with van der Waals surface area (Å²) in [6.07, 6.45) is 1.72. The first kappa shape index (κ1) is 14.4. The number of non-ortho nitro benzene ring substituents is 1. The highest BCUT2D eigenvalue weighted by Crippen LogP contribution is 2.27. The molecule has 0 saturated heterocycles. The van der Waals surface area contributed by atoms with E-state index in [1.54, 1.807) is 16.9 Å². The van der Waals surface area contributed by atoms with Gasteiger partial charge in [0.1, 0.15) is 5.69 Å². The van der Waals surface area contributed by atoms with Gasteiger partial charge in [0.2, 0.25) is 0 Å². The fraction of sp³-hybridized carbons (Fsp3) is 0.273. The number of aliphatic hydroxyl groups excluding tert-OH is 1. The van der Waals surface area contributed by atoms with Crippen LogP contribution < -0.4 is 5.32 Å². The number of hydrogen-bond donors (Lipinski definition) is 2. The second kappa shape index (κ2) is 6.44. The summed E-state index contributed by atoms with van der Waals surface area (Å²) in [6, 6.07) is 4.49. The summed E-state index contributed by atoms with van der Waals surface area (Å²) in [4.78, 5) is 10.2. The van der Waals surface area contributed by atoms with Crippen molar-refractivity contribution in [1.82, 2.24) is 15.0 Å². The summed E-state index contributed by atoms with van der Waals surface area (Å²) < 4.78 is 2.15. The summed E-state index contributed by atoms with van der Waals surface area (Å²) >= 11 is 3.28. The number of aliphatic hydroxyl groups is 1. The number of nitrogens with zero attached hydrogens (tertiary/aromatic N) is 4. The summed E-state index contributed by atoms with van der Waals surface area (Å²) in [7, 11) is 0. The van der Waals surface area contributed by atoms with Crippen LogP contribution in [0.3, 0.4) is 0 Å². The Morgan fingerprint density at radius 2 is 2.30 bits per heavy atom. The molecule has 0 unspecified atom stereocenters. The largest absolute Gasteiger partial charge is 0.394 e. The molecule has 1 heterocycles. The lowest BCUT2D eigenvalue weighted by atomic mass is 10.3. The number of anilines is 1. The first-order valence-electron chi connectivity index (χ1n) is 5.78. The minimum atomic E-state index is -0.449. The third-order valence-electron chi connectivity index (χ3n) is 2.54. The van der Waals surface area contributed by atoms with Crippen molar-refractivity contribution in [3.8, 4) is 0 Å². The molecule has 2 aromatic rings. The number of hydrogen-bond acceptors (Lipinski definition) is 6. The molecular weight excluding hydrogens is 330 g/mol. The second-order valence-corrected chi connectivity index (χ2v) is 4.83. The van der Waals surface area contributed by atoms with Crippen molar-refractivity contribution in [2.24, 2.45) is 0 Å². The predicted octanol–water partition coefficient (Wildman–Crippen LogP) is 1.55. The predicted molar refractivity (Wildman–Crippen MR) is 75.2 cm³/mol. The van der Waals surface area contributed by atoms with Crippen molar-refractivity contribution in [2.45, 2.75) is 13.1 Å². The highest BCUT2D eigenvalue weighted by atomic mass is 79.9. The number of nitrogens with one attached hydrogen (secondary N) is 1. The zero-order valence-electron chi connectivity index (χ0n) is 10.4. The van der Waals surface area contributed by atoms with Crippen molar-refractivity contribution in [2.75, 3.05) is 11.9 Å². The highest BCUT2D eigenvalue weighted by Gasteiger charge is 2.09. The molecular formula is C11H12BrN5O3. The van der Waals surface area contributed by atoms with Crippen LogP contribution in [0.15, 0.2) is 28.9 Å². The molecule has 0 amide bonds. The van der Waals surface area contributed by atoms with E-state index in [-0.39, 0.29) is 12.3 Å². The van der Waals surface area contributed by atoms with E-state index in [0.29, 0.717) is 23.3 Å². The van der Waals surface area contributed by atoms with Crippen LogP contribution in [0.25, 0.3) is 0 Å². The maximum Gasteiger partial charge on any atom is 0.270 e. The summed E-state index contributed by atoms with van der Waals surface area (Å²) in [6.45, 7) is 0.834. The molecule has 2 rings (SSSR count). The van der Waals surface area contributed by atoms with Gasteiger partial charge in [-0.05, 0) is 22.0 Å². The minimum absolute atomic E-state index is 0.00410. The second-order valence-electron chi connectivity index (χ2n) is 3.97. The molecule has 9 heteroatoms. The van der Waals surface area contributed by atoms with E-state index in [0.717, 1.165) is 5.69 Å². The monoisotopic (exact) mass is 341 g/mol. The Morgan fingerprint density at radius 3 is 2.95 bits per heavy atom. The third-order valence-corrected chi connectivity index (χ3v) is 3.19. The van der Waals surface area contributed by atoms with Gasteiger partial charge in [-0.25, -0.2) is 4.68 Å². The molecule has 106 valence electrons. The zero-order valence-corrected chi connectivity index (χ0v) is 11.9. The van der Waals surface area contributed by atoms with Crippen molar-refractivity contribution < 1.29 is 10.0 Å². The lowest BCUT2D eigenvalue weighted by molar-refractivity contribution is -0.384. The quantitative estimate of drug-likeness (QED) is 0.609. The fourth-order valence-electron chi connectivity index (χ4n) is 1.58. The number of rotatable bonds is 6. The van der Waals surface area contributed by atoms with Gasteiger partial charge in [-0.3, -0.25) is 10.1 Å². The molecule has 0 aliphatic heterocycles. The standard InChI is InChI=1S/C11H12BrN5O3/c12-10-5-9(17(19)20)1-2-11(10)13-6-8-7-16(3-4-18)15-14-8/h1-2,5,7,13,18H,3-4,6H2. The minimum Gasteiger partial charge on any atom is -0.394 e. The van der Waals surface area contributed by atoms with E-state index >= 15 is 0 Å². The van der Waals surface area contributed by atoms with Gasteiger partial charge in [0.25, 0.3) is 5.69 Å². The Labute approximate surface area is 122 Å². The van der Waals surface area contributed by atoms with E-state index in [1.165, 1.54) is 12.1 Å². The molecule has 8 nitrogen and oxygen atoms in total. The molecule has 1 aromatic heterocycles. The van der Waals surface area contributed by atoms with Gasteiger partial charge in [0.15, 0.2) is 0 Å². The molecule has 1 aromatic carbocycles. The molecule has 0 aliphatic rings. The summed E-state index contributed by atoms with van der Waals surface area (Å²) in [5.74, 6) is 0. The van der Waals surface area contributed by atoms with Crippen LogP contribution >= 0.6 is 15.9 Å². The summed E-state index contributed by atoms with van der Waals surface area (Å²) in [5, 5.41) is 30.3. The van der Waals surface area contributed by atoms with E-state index < -0.39 is 4.92 Å². The van der Waals surface area contributed by atoms with Gasteiger partial charge in [-0.1, -0.05) is 5.21 Å². The van der Waals surface area contributed by atoms with Crippen molar-refractivity contribution in [3.05, 3.63) is 44.7 Å². The third kappa shape index (κ3) is 3.52. The van der Waals surface area contributed by atoms with Gasteiger partial charge in [0, 0.05) is 22.3 Å². The number of benzene rings is 1. The lowest BCUT2D eigenvalue weighted by Crippen LogP contribution is -2.02. The van der Waals surface area contributed by atoms with Crippen LogP contribution in [-0.4, -0.2) is 31.6 Å². The Balaban J connectivity index is 2.01. The number of aromatic nitrogens is 3. The average molecular weight is 342 g/mol. The van der Waals surface area contributed by atoms with Crippen LogP contribution in [0.1, 0.15) is 5.69 Å². The average Bonchev–Trinajstić information content (AvgIpc) is 2.85. The SMILES string of the molecule is O=[N+]([O-])c1ccc(NCc2cn(CCO)nn2)c(Br)c1. The van der Waals surface area contributed by atoms with E-state index in [1.807, 2.05) is 0 Å². The molecule has 0 aliphatic carbocycles. The molecule has 0 bridgehead atoms. The van der Waals surface area contributed by atoms with E-state index in [2.05, 4.69) is 31.6 Å². The van der Waals surface area contributed by atoms with Gasteiger partial charge < -0.3 is 10.4 Å². The van der Waals surface area contributed by atoms with Crippen LogP contribution in [-0.2, 0) is 13.1 Å². The first-order valence-corrected chi connectivity index (χ1v) is 6.57. The van der Waals surface area contributed by atoms with Crippen LogP contribution in [0.2, 0.25) is 0 Å². The fourth-order valence-corrected chi connectivity index (χ4v) is 2.08. The van der Waals surface area contributed by atoms with E-state index in [4.69, 9.17) is 5.11 Å². The molecule has 2 N–H and O–H groups in total.